The third-order valence-electron chi connectivity index (χ3n) is 5.04. The van der Waals surface area contributed by atoms with Crippen LogP contribution in [0.1, 0.15) is 54.4 Å². The molecule has 2 aliphatic heterocycles. The zero-order valence-corrected chi connectivity index (χ0v) is 20.7. The van der Waals surface area contributed by atoms with E-state index in [9.17, 15) is 4.79 Å². The second kappa shape index (κ2) is 10.3. The molecule has 2 N–H and O–H groups in total. The number of aliphatic imine (C=N–C) groups is 1. The quantitative estimate of drug-likeness (QED) is 0.350. The minimum absolute atomic E-state index is 0. The maximum absolute atomic E-state index is 12.2. The average Bonchev–Trinajstić information content (AvgIpc) is 2.58. The fraction of sp³-hybridized carbons (Fsp3) is 0.900. The molecule has 0 aromatic heterocycles. The highest BCUT2D eigenvalue weighted by Gasteiger charge is 2.35. The molecule has 164 valence electrons. The van der Waals surface area contributed by atoms with Crippen molar-refractivity contribution in [1.82, 2.24) is 9.80 Å². The number of hydrogen-bond acceptors (Lipinski definition) is 4. The molecule has 0 aliphatic carbocycles. The highest BCUT2D eigenvalue weighted by Crippen LogP contribution is 2.34. The van der Waals surface area contributed by atoms with Crippen LogP contribution in [0, 0.1) is 11.3 Å². The molecule has 8 heteroatoms. The number of nitrogens with zero attached hydrogens (tertiary/aromatic N) is 3. The molecule has 2 fully saturated rings. The smallest absolute Gasteiger partial charge is 0.410 e. The Labute approximate surface area is 187 Å². The summed E-state index contributed by atoms with van der Waals surface area (Å²) in [7, 11) is 0. The van der Waals surface area contributed by atoms with Crippen molar-refractivity contribution in [3.05, 3.63) is 0 Å². The highest BCUT2D eigenvalue weighted by molar-refractivity contribution is 14.0. The van der Waals surface area contributed by atoms with Crippen molar-refractivity contribution in [1.29, 1.82) is 0 Å². The first kappa shape index (κ1) is 25.3. The van der Waals surface area contributed by atoms with E-state index in [0.29, 0.717) is 44.6 Å². The maximum atomic E-state index is 12.2. The summed E-state index contributed by atoms with van der Waals surface area (Å²) in [5.41, 5.74) is 5.88. The normalized spacial score (nSPS) is 24.6. The van der Waals surface area contributed by atoms with E-state index in [1.165, 1.54) is 0 Å². The average molecular weight is 510 g/mol. The van der Waals surface area contributed by atoms with Crippen LogP contribution in [-0.2, 0) is 9.47 Å². The fourth-order valence-corrected chi connectivity index (χ4v) is 3.74. The van der Waals surface area contributed by atoms with E-state index in [4.69, 9.17) is 15.2 Å². The van der Waals surface area contributed by atoms with Gasteiger partial charge >= 0.3 is 6.09 Å². The van der Waals surface area contributed by atoms with Gasteiger partial charge in [-0.25, -0.2) is 4.79 Å². The Morgan fingerprint density at radius 2 is 1.68 bits per heavy atom. The van der Waals surface area contributed by atoms with Gasteiger partial charge in [-0.05, 0) is 39.0 Å². The number of guanidine groups is 1. The molecule has 1 amide bonds. The molecule has 28 heavy (non-hydrogen) atoms. The SMILES string of the molecule is CC(C)(C)OC(=O)N1CCN(C(N)=NCC2CCCOC2C(C)(C)C)CC1.I. The lowest BCUT2D eigenvalue weighted by molar-refractivity contribution is -0.0824. The maximum Gasteiger partial charge on any atom is 0.410 e. The van der Waals surface area contributed by atoms with E-state index in [-0.39, 0.29) is 41.6 Å². The summed E-state index contributed by atoms with van der Waals surface area (Å²) in [5.74, 6) is 0.970. The van der Waals surface area contributed by atoms with Gasteiger partial charge in [0.2, 0.25) is 0 Å². The third-order valence-corrected chi connectivity index (χ3v) is 5.04. The molecular weight excluding hydrogens is 471 g/mol. The Morgan fingerprint density at radius 3 is 2.21 bits per heavy atom. The second-order valence-electron chi connectivity index (χ2n) is 9.71. The van der Waals surface area contributed by atoms with Crippen molar-refractivity contribution >= 4 is 36.0 Å². The second-order valence-corrected chi connectivity index (χ2v) is 9.71. The molecule has 0 aromatic carbocycles. The molecule has 0 spiro atoms. The molecule has 2 aliphatic rings. The van der Waals surface area contributed by atoms with E-state index >= 15 is 0 Å². The molecule has 2 atom stereocenters. The van der Waals surface area contributed by atoms with Gasteiger partial charge in [0.15, 0.2) is 5.96 Å². The van der Waals surface area contributed by atoms with Crippen LogP contribution in [0.15, 0.2) is 4.99 Å². The fourth-order valence-electron chi connectivity index (χ4n) is 3.74. The first-order valence-electron chi connectivity index (χ1n) is 10.1. The lowest BCUT2D eigenvalue weighted by Crippen LogP contribution is -2.53. The largest absolute Gasteiger partial charge is 0.444 e. The van der Waals surface area contributed by atoms with Gasteiger partial charge in [-0.3, -0.25) is 4.99 Å². The molecule has 0 bridgehead atoms. The van der Waals surface area contributed by atoms with E-state index in [1.54, 1.807) is 4.90 Å². The molecule has 7 nitrogen and oxygen atoms in total. The molecule has 0 aromatic rings. The summed E-state index contributed by atoms with van der Waals surface area (Å²) in [5, 5.41) is 0. The molecule has 2 unspecified atom stereocenters. The van der Waals surface area contributed by atoms with Crippen LogP contribution in [0.4, 0.5) is 4.79 Å². The monoisotopic (exact) mass is 510 g/mol. The third kappa shape index (κ3) is 7.57. The summed E-state index contributed by atoms with van der Waals surface area (Å²) in [6.45, 7) is 16.4. The zero-order valence-electron chi connectivity index (χ0n) is 18.4. The van der Waals surface area contributed by atoms with Crippen molar-refractivity contribution < 1.29 is 14.3 Å². The zero-order chi connectivity index (χ0) is 20.2. The van der Waals surface area contributed by atoms with Crippen molar-refractivity contribution in [2.75, 3.05) is 39.3 Å². The van der Waals surface area contributed by atoms with E-state index in [2.05, 4.69) is 30.7 Å². The van der Waals surface area contributed by atoms with Crippen LogP contribution in [0.5, 0.6) is 0 Å². The molecule has 0 radical (unpaired) electrons. The van der Waals surface area contributed by atoms with Gasteiger partial charge in [-0.15, -0.1) is 24.0 Å². The number of hydrogen-bond donors (Lipinski definition) is 1. The Kier molecular flexibility index (Phi) is 9.31. The number of carbonyl (C=O) groups excluding carboxylic acids is 1. The number of halogens is 1. The predicted octanol–water partition coefficient (Wildman–Crippen LogP) is 3.31. The van der Waals surface area contributed by atoms with Crippen LogP contribution in [0.2, 0.25) is 0 Å². The molecule has 2 rings (SSSR count). The van der Waals surface area contributed by atoms with Gasteiger partial charge in [0.1, 0.15) is 5.60 Å². The molecule has 2 saturated heterocycles. The van der Waals surface area contributed by atoms with Crippen molar-refractivity contribution in [2.45, 2.75) is 66.1 Å². The van der Waals surface area contributed by atoms with E-state index in [1.807, 2.05) is 20.8 Å². The van der Waals surface area contributed by atoms with Crippen molar-refractivity contribution in [3.8, 4) is 0 Å². The van der Waals surface area contributed by atoms with Gasteiger partial charge in [0.05, 0.1) is 6.10 Å². The van der Waals surface area contributed by atoms with Crippen LogP contribution in [0.25, 0.3) is 0 Å². The van der Waals surface area contributed by atoms with E-state index < -0.39 is 5.60 Å². The Bertz CT molecular complexity index is 535. The summed E-state index contributed by atoms with van der Waals surface area (Å²) in [4.78, 5) is 20.6. The predicted molar refractivity (Wildman–Crippen MR) is 123 cm³/mol. The number of amides is 1. The number of carbonyl (C=O) groups is 1. The minimum atomic E-state index is -0.472. The van der Waals surface area contributed by atoms with Crippen molar-refractivity contribution in [2.24, 2.45) is 22.1 Å². The lowest BCUT2D eigenvalue weighted by atomic mass is 9.78. The van der Waals surface area contributed by atoms with Gasteiger partial charge in [-0.2, -0.15) is 0 Å². The summed E-state index contributed by atoms with van der Waals surface area (Å²) >= 11 is 0. The van der Waals surface area contributed by atoms with Crippen LogP contribution in [0.3, 0.4) is 0 Å². The van der Waals surface area contributed by atoms with Crippen molar-refractivity contribution in [3.63, 3.8) is 0 Å². The summed E-state index contributed by atoms with van der Waals surface area (Å²) in [6, 6.07) is 0. The van der Waals surface area contributed by atoms with Gasteiger partial charge in [-0.1, -0.05) is 20.8 Å². The molecule has 0 saturated carbocycles. The first-order chi connectivity index (χ1) is 12.5. The Hall–Kier alpha value is -0.770. The molecular formula is C20H39IN4O3. The van der Waals surface area contributed by atoms with Gasteiger partial charge in [0.25, 0.3) is 0 Å². The van der Waals surface area contributed by atoms with Crippen LogP contribution < -0.4 is 5.73 Å². The highest BCUT2D eigenvalue weighted by atomic mass is 127. The van der Waals surface area contributed by atoms with Gasteiger partial charge < -0.3 is 25.0 Å². The summed E-state index contributed by atoms with van der Waals surface area (Å²) < 4.78 is 11.5. The summed E-state index contributed by atoms with van der Waals surface area (Å²) in [6.07, 6.45) is 2.17. The van der Waals surface area contributed by atoms with Crippen LogP contribution in [-0.4, -0.2) is 72.9 Å². The minimum Gasteiger partial charge on any atom is -0.444 e. The number of rotatable bonds is 2. The van der Waals surface area contributed by atoms with Gasteiger partial charge in [0, 0.05) is 45.2 Å². The van der Waals surface area contributed by atoms with E-state index in [0.717, 1.165) is 19.4 Å². The standard InChI is InChI=1S/C20H38N4O3.HI/c1-19(2,3)16-15(8-7-13-26-16)14-22-17(21)23-9-11-24(12-10-23)18(25)27-20(4,5)6;/h15-16H,7-14H2,1-6H3,(H2,21,22);1H. The number of piperazine rings is 1. The first-order valence-corrected chi connectivity index (χ1v) is 10.1. The Morgan fingerprint density at radius 1 is 1.11 bits per heavy atom. The Balaban J connectivity index is 0.00000392. The lowest BCUT2D eigenvalue weighted by Gasteiger charge is -2.40. The number of ether oxygens (including phenoxy) is 2. The van der Waals surface area contributed by atoms with Crippen LogP contribution >= 0.6 is 24.0 Å². The topological polar surface area (TPSA) is 80.4 Å². The molecule has 2 heterocycles. The number of nitrogens with two attached hydrogens (primary N) is 1.